The van der Waals surface area contributed by atoms with E-state index in [1.165, 1.54) is 6.20 Å². The largest absolute Gasteiger partial charge is 0.492 e. The first-order valence-electron chi connectivity index (χ1n) is 5.66. The molecule has 2 aromatic heterocycles. The van der Waals surface area contributed by atoms with Crippen molar-refractivity contribution in [2.24, 2.45) is 5.73 Å². The molecule has 2 heterocycles. The van der Waals surface area contributed by atoms with E-state index >= 15 is 0 Å². The Morgan fingerprint density at radius 3 is 2.94 bits per heavy atom. The number of carbonyl (C=O) groups excluding carboxylic acids is 1. The fourth-order valence-electron chi connectivity index (χ4n) is 1.54. The molecule has 0 amide bonds. The summed E-state index contributed by atoms with van der Waals surface area (Å²) in [6.45, 7) is 2.66. The van der Waals surface area contributed by atoms with Crippen LogP contribution < -0.4 is 10.5 Å². The predicted octanol–water partition coefficient (Wildman–Crippen LogP) is 1.76. The van der Waals surface area contributed by atoms with Crippen LogP contribution in [0.1, 0.15) is 28.8 Å². The highest BCUT2D eigenvalue weighted by molar-refractivity contribution is 6.07. The van der Waals surface area contributed by atoms with Crippen LogP contribution in [0.4, 0.5) is 0 Å². The molecular formula is C13H14N2O3. The van der Waals surface area contributed by atoms with E-state index in [0.717, 1.165) is 0 Å². The second kappa shape index (κ2) is 5.46. The molecular weight excluding hydrogens is 232 g/mol. The highest BCUT2D eigenvalue weighted by Gasteiger charge is 2.14. The Morgan fingerprint density at radius 2 is 2.28 bits per heavy atom. The third kappa shape index (κ3) is 2.57. The van der Waals surface area contributed by atoms with E-state index in [9.17, 15) is 4.79 Å². The highest BCUT2D eigenvalue weighted by Crippen LogP contribution is 2.16. The maximum absolute atomic E-state index is 12.1. The van der Waals surface area contributed by atoms with Crippen LogP contribution in [-0.4, -0.2) is 17.4 Å². The van der Waals surface area contributed by atoms with Gasteiger partial charge in [-0.25, -0.2) is 0 Å². The topological polar surface area (TPSA) is 78.3 Å². The summed E-state index contributed by atoms with van der Waals surface area (Å²) >= 11 is 0. The van der Waals surface area contributed by atoms with Crippen LogP contribution in [0, 0.1) is 0 Å². The fourth-order valence-corrected chi connectivity index (χ4v) is 1.54. The molecule has 18 heavy (non-hydrogen) atoms. The lowest BCUT2D eigenvalue weighted by molar-refractivity contribution is 0.101. The Balaban J connectivity index is 2.25. The van der Waals surface area contributed by atoms with Gasteiger partial charge >= 0.3 is 0 Å². The zero-order valence-corrected chi connectivity index (χ0v) is 10.1. The molecule has 2 aromatic rings. The first-order valence-corrected chi connectivity index (χ1v) is 5.66. The molecule has 0 aliphatic carbocycles. The minimum atomic E-state index is -0.233. The molecule has 0 radical (unpaired) electrons. The zero-order valence-electron chi connectivity index (χ0n) is 10.1. The maximum Gasteiger partial charge on any atom is 0.229 e. The van der Waals surface area contributed by atoms with Gasteiger partial charge in [0.05, 0.1) is 19.3 Å². The molecule has 94 valence electrons. The van der Waals surface area contributed by atoms with E-state index in [1.807, 2.05) is 6.92 Å². The van der Waals surface area contributed by atoms with Crippen molar-refractivity contribution in [1.82, 2.24) is 4.98 Å². The van der Waals surface area contributed by atoms with E-state index in [2.05, 4.69) is 4.98 Å². The van der Waals surface area contributed by atoms with E-state index < -0.39 is 0 Å². The van der Waals surface area contributed by atoms with Crippen LogP contribution in [0.15, 0.2) is 35.0 Å². The Labute approximate surface area is 105 Å². The van der Waals surface area contributed by atoms with Crippen LogP contribution in [0.25, 0.3) is 0 Å². The van der Waals surface area contributed by atoms with Crippen molar-refractivity contribution < 1.29 is 13.9 Å². The number of aromatic nitrogens is 1. The fraction of sp³-hybridized carbons (Fsp3) is 0.231. The molecule has 2 N–H and O–H groups in total. The Bertz CT molecular complexity index is 549. The number of rotatable bonds is 5. The van der Waals surface area contributed by atoms with Gasteiger partial charge in [-0.2, -0.15) is 0 Å². The van der Waals surface area contributed by atoms with Crippen LogP contribution >= 0.6 is 0 Å². The summed E-state index contributed by atoms with van der Waals surface area (Å²) in [5.41, 5.74) is 5.86. The molecule has 2 rings (SSSR count). The second-order valence-electron chi connectivity index (χ2n) is 3.64. The van der Waals surface area contributed by atoms with Gasteiger partial charge in [-0.1, -0.05) is 0 Å². The van der Waals surface area contributed by atoms with Crippen LogP contribution in [0.5, 0.6) is 5.75 Å². The molecule has 0 aromatic carbocycles. The van der Waals surface area contributed by atoms with Crippen molar-refractivity contribution in [3.63, 3.8) is 0 Å². The minimum absolute atomic E-state index is 0.233. The molecule has 0 atom stereocenters. The van der Waals surface area contributed by atoms with Gasteiger partial charge in [0.15, 0.2) is 5.76 Å². The van der Waals surface area contributed by atoms with E-state index in [4.69, 9.17) is 14.9 Å². The van der Waals surface area contributed by atoms with Gasteiger partial charge in [0, 0.05) is 11.8 Å². The normalized spacial score (nSPS) is 10.3. The lowest BCUT2D eigenvalue weighted by atomic mass is 10.1. The number of ether oxygens (including phenoxy) is 1. The number of nitrogens with zero attached hydrogens (tertiary/aromatic N) is 1. The van der Waals surface area contributed by atoms with Crippen LogP contribution in [-0.2, 0) is 6.54 Å². The quantitative estimate of drug-likeness (QED) is 0.813. The zero-order chi connectivity index (χ0) is 13.0. The predicted molar refractivity (Wildman–Crippen MR) is 65.4 cm³/mol. The summed E-state index contributed by atoms with van der Waals surface area (Å²) in [7, 11) is 0. The third-order valence-electron chi connectivity index (χ3n) is 2.37. The van der Waals surface area contributed by atoms with Crippen molar-refractivity contribution in [1.29, 1.82) is 0 Å². The van der Waals surface area contributed by atoms with Crippen LogP contribution in [0.2, 0.25) is 0 Å². The minimum Gasteiger partial charge on any atom is -0.492 e. The van der Waals surface area contributed by atoms with Crippen molar-refractivity contribution in [2.75, 3.05) is 6.61 Å². The number of hydrogen-bond acceptors (Lipinski definition) is 5. The highest BCUT2D eigenvalue weighted by atomic mass is 16.5. The summed E-state index contributed by atoms with van der Waals surface area (Å²) in [6.07, 6.45) is 3.04. The number of nitrogens with two attached hydrogens (primary N) is 1. The molecule has 0 saturated heterocycles. The summed E-state index contributed by atoms with van der Waals surface area (Å²) in [5, 5.41) is 0. The molecule has 0 fully saturated rings. The average molecular weight is 246 g/mol. The van der Waals surface area contributed by atoms with Gasteiger partial charge in [0.25, 0.3) is 0 Å². The van der Waals surface area contributed by atoms with E-state index in [0.29, 0.717) is 23.7 Å². The number of ketones is 1. The van der Waals surface area contributed by atoms with E-state index in [1.54, 1.807) is 24.4 Å². The first kappa shape index (κ1) is 12.3. The molecule has 0 aliphatic heterocycles. The Morgan fingerprint density at radius 1 is 1.44 bits per heavy atom. The van der Waals surface area contributed by atoms with Crippen molar-refractivity contribution in [2.45, 2.75) is 13.5 Å². The summed E-state index contributed by atoms with van der Waals surface area (Å²) in [4.78, 5) is 16.1. The van der Waals surface area contributed by atoms with Gasteiger partial charge in [-0.3, -0.25) is 9.78 Å². The monoisotopic (exact) mass is 246 g/mol. The summed E-state index contributed by atoms with van der Waals surface area (Å²) in [5.74, 6) is 1.16. The smallest absolute Gasteiger partial charge is 0.229 e. The van der Waals surface area contributed by atoms with Crippen molar-refractivity contribution in [3.05, 3.63) is 47.7 Å². The Kier molecular flexibility index (Phi) is 3.74. The molecule has 5 nitrogen and oxygen atoms in total. The summed E-state index contributed by atoms with van der Waals surface area (Å²) in [6, 6.07) is 4.94. The SMILES string of the molecule is CCOc1cncc(C(=O)c2ccc(CN)o2)c1. The van der Waals surface area contributed by atoms with Crippen molar-refractivity contribution in [3.8, 4) is 5.75 Å². The first-order chi connectivity index (χ1) is 8.74. The van der Waals surface area contributed by atoms with Gasteiger partial charge in [-0.05, 0) is 25.1 Å². The number of hydrogen-bond donors (Lipinski definition) is 1. The average Bonchev–Trinajstić information content (AvgIpc) is 2.87. The molecule has 0 aliphatic rings. The van der Waals surface area contributed by atoms with Gasteiger partial charge < -0.3 is 14.9 Å². The second-order valence-corrected chi connectivity index (χ2v) is 3.64. The van der Waals surface area contributed by atoms with Gasteiger partial charge in [0.2, 0.25) is 5.78 Å². The molecule has 0 unspecified atom stereocenters. The Hall–Kier alpha value is -2.14. The molecule has 5 heteroatoms. The van der Waals surface area contributed by atoms with Crippen molar-refractivity contribution >= 4 is 5.78 Å². The van der Waals surface area contributed by atoms with Gasteiger partial charge in [-0.15, -0.1) is 0 Å². The summed E-state index contributed by atoms with van der Waals surface area (Å²) < 4.78 is 10.6. The number of pyridine rings is 1. The van der Waals surface area contributed by atoms with E-state index in [-0.39, 0.29) is 18.1 Å². The molecule has 0 spiro atoms. The maximum atomic E-state index is 12.1. The third-order valence-corrected chi connectivity index (χ3v) is 2.37. The van der Waals surface area contributed by atoms with Crippen LogP contribution in [0.3, 0.4) is 0 Å². The lowest BCUT2D eigenvalue weighted by Crippen LogP contribution is -2.02. The molecule has 0 bridgehead atoms. The molecule has 0 saturated carbocycles. The van der Waals surface area contributed by atoms with Gasteiger partial charge in [0.1, 0.15) is 11.5 Å². The lowest BCUT2D eigenvalue weighted by Gasteiger charge is -2.03. The number of furan rings is 1. The number of carbonyl (C=O) groups is 1. The standard InChI is InChI=1S/C13H14N2O3/c1-2-17-11-5-9(7-15-8-11)13(16)12-4-3-10(6-14)18-12/h3-5,7-8H,2,6,14H2,1H3.